The third-order valence-electron chi connectivity index (χ3n) is 3.03. The molecule has 0 radical (unpaired) electrons. The van der Waals surface area contributed by atoms with Crippen molar-refractivity contribution in [1.82, 2.24) is 14.8 Å². The molecule has 1 aromatic carbocycles. The van der Waals surface area contributed by atoms with Crippen molar-refractivity contribution >= 4 is 17.4 Å². The number of carbonyl (C=O) groups excluding carboxylic acids is 1. The summed E-state index contributed by atoms with van der Waals surface area (Å²) in [5, 5.41) is 4.62. The minimum Gasteiger partial charge on any atom is -0.481 e. The highest BCUT2D eigenvalue weighted by Gasteiger charge is 2.30. The average molecular weight is 332 g/mol. The number of hydrogen-bond donors (Lipinski definition) is 0. The summed E-state index contributed by atoms with van der Waals surface area (Å²) < 4.78 is 6.96. The molecular weight excluding hydrogens is 314 g/mol. The number of aromatic nitrogens is 3. The first-order valence-electron chi connectivity index (χ1n) is 7.13. The minimum atomic E-state index is -0.680. The molecule has 6 heteroatoms. The molecule has 2 rings (SSSR count). The van der Waals surface area contributed by atoms with Crippen LogP contribution in [0.5, 0.6) is 5.75 Å². The second-order valence-electron chi connectivity index (χ2n) is 5.96. The molecule has 5 nitrogen and oxygen atoms in total. The molecule has 0 N–H and O–H groups in total. The summed E-state index contributed by atoms with van der Waals surface area (Å²) in [6, 6.07) is 6.39. The second-order valence-corrected chi connectivity index (χ2v) is 6.40. The van der Waals surface area contributed by atoms with Crippen LogP contribution >= 0.6 is 11.6 Å². The lowest BCUT2D eigenvalue weighted by Gasteiger charge is -2.20. The first-order chi connectivity index (χ1) is 10.9. The zero-order valence-corrected chi connectivity index (χ0v) is 14.0. The zero-order chi connectivity index (χ0) is 16.9. The Morgan fingerprint density at radius 3 is 2.83 bits per heavy atom. The molecule has 0 saturated heterocycles. The number of halogens is 1. The Bertz CT molecular complexity index is 724. The van der Waals surface area contributed by atoms with Crippen LogP contribution in [0.15, 0.2) is 36.9 Å². The van der Waals surface area contributed by atoms with Gasteiger partial charge in [-0.05, 0) is 18.2 Å². The fourth-order valence-corrected chi connectivity index (χ4v) is 2.01. The highest BCUT2D eigenvalue weighted by atomic mass is 35.5. The van der Waals surface area contributed by atoms with Gasteiger partial charge in [-0.2, -0.15) is 5.10 Å². The third kappa shape index (κ3) is 4.83. The Morgan fingerprint density at radius 1 is 1.43 bits per heavy atom. The predicted molar refractivity (Wildman–Crippen MR) is 88.2 cm³/mol. The number of rotatable bonds is 4. The van der Waals surface area contributed by atoms with Gasteiger partial charge in [-0.25, -0.2) is 9.67 Å². The van der Waals surface area contributed by atoms with Crippen LogP contribution in [0.1, 0.15) is 26.8 Å². The van der Waals surface area contributed by atoms with Crippen LogP contribution in [-0.4, -0.2) is 27.2 Å². The maximum absolute atomic E-state index is 12.5. The Kier molecular flexibility index (Phi) is 5.41. The van der Waals surface area contributed by atoms with E-state index in [4.69, 9.17) is 16.3 Å². The van der Waals surface area contributed by atoms with Crippen molar-refractivity contribution in [2.45, 2.75) is 26.8 Å². The summed E-state index contributed by atoms with van der Waals surface area (Å²) in [7, 11) is 0. The van der Waals surface area contributed by atoms with Gasteiger partial charge < -0.3 is 4.74 Å². The van der Waals surface area contributed by atoms with Crippen molar-refractivity contribution in [3.05, 3.63) is 41.9 Å². The molecule has 1 heterocycles. The lowest BCUT2D eigenvalue weighted by Crippen LogP contribution is -2.30. The van der Waals surface area contributed by atoms with E-state index in [0.29, 0.717) is 10.8 Å². The standard InChI is InChI=1S/C17H18ClN3O2/c1-17(2,3)16(22)15(21-12-19-11-20-21)8-5-9-23-14-7-4-6-13(18)10-14/h4,6-7,10-12,15H,9H2,1-3H3. The van der Waals surface area contributed by atoms with Crippen molar-refractivity contribution in [2.75, 3.05) is 6.61 Å². The molecule has 0 bridgehead atoms. The van der Waals surface area contributed by atoms with Crippen LogP contribution in [0.2, 0.25) is 5.02 Å². The summed E-state index contributed by atoms with van der Waals surface area (Å²) in [5.74, 6) is 6.39. The van der Waals surface area contributed by atoms with Gasteiger partial charge in [0, 0.05) is 10.4 Å². The molecule has 1 unspecified atom stereocenters. The summed E-state index contributed by atoms with van der Waals surface area (Å²) in [6.45, 7) is 5.71. The highest BCUT2D eigenvalue weighted by Crippen LogP contribution is 2.22. The van der Waals surface area contributed by atoms with Gasteiger partial charge in [-0.3, -0.25) is 4.79 Å². The molecule has 1 atom stereocenters. The van der Waals surface area contributed by atoms with Crippen LogP contribution in [0.3, 0.4) is 0 Å². The molecule has 0 spiro atoms. The Balaban J connectivity index is 2.09. The number of carbonyl (C=O) groups is 1. The number of Topliss-reactive ketones (excluding diaryl/α,β-unsaturated/α-hetero) is 1. The first-order valence-corrected chi connectivity index (χ1v) is 7.51. The molecule has 0 amide bonds. The quantitative estimate of drug-likeness (QED) is 0.807. The minimum absolute atomic E-state index is 0.0294. The monoisotopic (exact) mass is 331 g/mol. The maximum Gasteiger partial charge on any atom is 0.174 e. The summed E-state index contributed by atoms with van der Waals surface area (Å²) >= 11 is 5.89. The number of benzene rings is 1. The largest absolute Gasteiger partial charge is 0.481 e. The summed E-state index contributed by atoms with van der Waals surface area (Å²) in [4.78, 5) is 16.4. The molecule has 0 aliphatic rings. The fraction of sp³-hybridized carbons (Fsp3) is 0.353. The molecular formula is C17H18ClN3O2. The van der Waals surface area contributed by atoms with Gasteiger partial charge in [0.25, 0.3) is 0 Å². The fourth-order valence-electron chi connectivity index (χ4n) is 1.83. The van der Waals surface area contributed by atoms with Crippen molar-refractivity contribution < 1.29 is 9.53 Å². The number of nitrogens with zero attached hydrogens (tertiary/aromatic N) is 3. The van der Waals surface area contributed by atoms with Gasteiger partial charge in [-0.15, -0.1) is 0 Å². The first kappa shape index (κ1) is 17.0. The van der Waals surface area contributed by atoms with Crippen molar-refractivity contribution in [3.63, 3.8) is 0 Å². The van der Waals surface area contributed by atoms with E-state index in [1.807, 2.05) is 20.8 Å². The Hall–Kier alpha value is -2.32. The highest BCUT2D eigenvalue weighted by molar-refractivity contribution is 6.30. The van der Waals surface area contributed by atoms with Gasteiger partial charge >= 0.3 is 0 Å². The molecule has 1 aromatic heterocycles. The lowest BCUT2D eigenvalue weighted by atomic mass is 9.86. The van der Waals surface area contributed by atoms with Gasteiger partial charge in [0.15, 0.2) is 11.8 Å². The van der Waals surface area contributed by atoms with Crippen molar-refractivity contribution in [1.29, 1.82) is 0 Å². The Labute approximate surface area is 140 Å². The van der Waals surface area contributed by atoms with E-state index in [0.717, 1.165) is 0 Å². The SMILES string of the molecule is CC(C)(C)C(=O)C(C#CCOc1cccc(Cl)c1)n1cncn1. The van der Waals surface area contributed by atoms with E-state index >= 15 is 0 Å². The van der Waals surface area contributed by atoms with Crippen molar-refractivity contribution in [2.24, 2.45) is 5.41 Å². The van der Waals surface area contributed by atoms with E-state index in [-0.39, 0.29) is 12.4 Å². The van der Waals surface area contributed by atoms with Gasteiger partial charge in [0.1, 0.15) is 25.0 Å². The van der Waals surface area contributed by atoms with E-state index in [1.165, 1.54) is 17.3 Å². The van der Waals surface area contributed by atoms with Crippen LogP contribution in [-0.2, 0) is 4.79 Å². The molecule has 0 fully saturated rings. The van der Waals surface area contributed by atoms with Crippen LogP contribution < -0.4 is 4.74 Å². The summed E-state index contributed by atoms with van der Waals surface area (Å²) in [5.41, 5.74) is -0.529. The van der Waals surface area contributed by atoms with E-state index in [2.05, 4.69) is 21.9 Å². The molecule has 0 saturated carbocycles. The normalized spacial score (nSPS) is 12.2. The summed E-state index contributed by atoms with van der Waals surface area (Å²) in [6.07, 6.45) is 2.87. The third-order valence-corrected chi connectivity index (χ3v) is 3.27. The molecule has 0 aliphatic carbocycles. The molecule has 120 valence electrons. The number of hydrogen-bond acceptors (Lipinski definition) is 4. The smallest absolute Gasteiger partial charge is 0.174 e. The van der Waals surface area contributed by atoms with Gasteiger partial charge in [-0.1, -0.05) is 50.3 Å². The molecule has 0 aliphatic heterocycles. The Morgan fingerprint density at radius 2 is 2.22 bits per heavy atom. The maximum atomic E-state index is 12.5. The number of ether oxygens (including phenoxy) is 1. The van der Waals surface area contributed by atoms with E-state index in [9.17, 15) is 4.79 Å². The molecule has 23 heavy (non-hydrogen) atoms. The van der Waals surface area contributed by atoms with Gasteiger partial charge in [0.2, 0.25) is 0 Å². The average Bonchev–Trinajstić information content (AvgIpc) is 3.00. The predicted octanol–water partition coefficient (Wildman–Crippen LogP) is 3.17. The topological polar surface area (TPSA) is 57.0 Å². The van der Waals surface area contributed by atoms with E-state index < -0.39 is 11.5 Å². The van der Waals surface area contributed by atoms with Crippen molar-refractivity contribution in [3.8, 4) is 17.6 Å². The zero-order valence-electron chi connectivity index (χ0n) is 13.3. The van der Waals surface area contributed by atoms with Gasteiger partial charge in [0.05, 0.1) is 0 Å². The van der Waals surface area contributed by atoms with Crippen LogP contribution in [0, 0.1) is 17.3 Å². The van der Waals surface area contributed by atoms with Crippen LogP contribution in [0.25, 0.3) is 0 Å². The van der Waals surface area contributed by atoms with Crippen LogP contribution in [0.4, 0.5) is 0 Å². The van der Waals surface area contributed by atoms with E-state index in [1.54, 1.807) is 24.3 Å². The lowest BCUT2D eigenvalue weighted by molar-refractivity contribution is -0.128. The number of ketones is 1. The second kappa shape index (κ2) is 7.30. The molecule has 2 aromatic rings.